The molecule has 0 saturated carbocycles. The summed E-state index contributed by atoms with van der Waals surface area (Å²) in [5.74, 6) is 0. The first-order chi connectivity index (χ1) is 28.7. The smallest absolute Gasteiger partial charge is 0.0525 e. The van der Waals surface area contributed by atoms with Gasteiger partial charge in [0.2, 0.25) is 0 Å². The number of fused-ring (bicyclic) bond motifs is 3. The van der Waals surface area contributed by atoms with Gasteiger partial charge in [-0.25, -0.2) is 0 Å². The Morgan fingerprint density at radius 1 is 0.362 bits per heavy atom. The number of hydrogen-bond donors (Lipinski definition) is 1. The van der Waals surface area contributed by atoms with Crippen LogP contribution in [0.25, 0.3) is 21.8 Å². The number of nitrogen functional groups attached to an aromatic ring is 1. The lowest BCUT2D eigenvalue weighted by molar-refractivity contribution is 0.525. The monoisotopic (exact) mass is 799 g/mol. The van der Waals surface area contributed by atoms with Crippen LogP contribution in [0.3, 0.4) is 0 Å². The lowest BCUT2D eigenvalue weighted by Crippen LogP contribution is -2.02. The van der Waals surface area contributed by atoms with Gasteiger partial charge in [-0.3, -0.25) is 0 Å². The molecule has 1 heterocycles. The Labute approximate surface area is 362 Å². The number of anilines is 1. The zero-order valence-electron chi connectivity index (χ0n) is 39.4. The molecule has 2 nitrogen and oxygen atoms in total. The number of nitrogens with two attached hydrogens (primary N) is 1. The van der Waals surface area contributed by atoms with Crippen LogP contribution in [0, 0.1) is 0 Å². The third-order valence-corrected chi connectivity index (χ3v) is 13.5. The van der Waals surface area contributed by atoms with Crippen molar-refractivity contribution in [2.45, 2.75) is 284 Å². The van der Waals surface area contributed by atoms with Gasteiger partial charge in [0.15, 0.2) is 0 Å². The molecule has 0 fully saturated rings. The van der Waals surface area contributed by atoms with Crippen LogP contribution in [-0.2, 0) is 19.4 Å². The number of rotatable bonds is 41. The van der Waals surface area contributed by atoms with Gasteiger partial charge in [-0.05, 0) is 61.4 Å². The molecule has 0 atom stereocenters. The second kappa shape index (κ2) is 34.7. The highest BCUT2D eigenvalue weighted by Gasteiger charge is 2.16. The summed E-state index contributed by atoms with van der Waals surface area (Å²) in [5, 5.41) is 2.81. The average molecular weight is 799 g/mol. The highest BCUT2D eigenvalue weighted by molar-refractivity contribution is 6.10. The van der Waals surface area contributed by atoms with E-state index < -0.39 is 0 Å². The van der Waals surface area contributed by atoms with Crippen molar-refractivity contribution < 1.29 is 0 Å². The molecule has 2 heteroatoms. The summed E-state index contributed by atoms with van der Waals surface area (Å²) in [7, 11) is 0. The Balaban J connectivity index is 1.43. The van der Waals surface area contributed by atoms with Gasteiger partial charge in [0.25, 0.3) is 0 Å². The summed E-state index contributed by atoms with van der Waals surface area (Å²) >= 11 is 0. The molecule has 0 bridgehead atoms. The average Bonchev–Trinajstić information content (AvgIpc) is 3.53. The van der Waals surface area contributed by atoms with Crippen LogP contribution >= 0.6 is 0 Å². The first-order valence-corrected chi connectivity index (χ1v) is 26.5. The minimum atomic E-state index is 0.937. The fourth-order valence-electron chi connectivity index (χ4n) is 9.76. The molecule has 2 aromatic carbocycles. The molecule has 0 aliphatic heterocycles. The zero-order chi connectivity index (χ0) is 41.1. The Hall–Kier alpha value is -1.96. The predicted molar refractivity (Wildman–Crippen MR) is 264 cm³/mol. The Bertz CT molecular complexity index is 1380. The van der Waals surface area contributed by atoms with E-state index in [0.29, 0.717) is 0 Å². The summed E-state index contributed by atoms with van der Waals surface area (Å²) in [4.78, 5) is 0. The molecule has 0 spiro atoms. The molecule has 332 valence electrons. The molecule has 58 heavy (non-hydrogen) atoms. The van der Waals surface area contributed by atoms with E-state index in [2.05, 4.69) is 55.7 Å². The second-order valence-corrected chi connectivity index (χ2v) is 19.0. The van der Waals surface area contributed by atoms with Crippen molar-refractivity contribution in [3.63, 3.8) is 0 Å². The topological polar surface area (TPSA) is 30.9 Å². The van der Waals surface area contributed by atoms with Crippen molar-refractivity contribution in [2.75, 3.05) is 5.73 Å². The molecule has 0 aliphatic rings. The number of benzene rings is 2. The molecule has 1 aromatic heterocycles. The maximum Gasteiger partial charge on any atom is 0.0525 e. The van der Waals surface area contributed by atoms with Crippen molar-refractivity contribution in [3.8, 4) is 0 Å². The second-order valence-electron chi connectivity index (χ2n) is 19.0. The van der Waals surface area contributed by atoms with Crippen LogP contribution in [0.4, 0.5) is 5.69 Å². The minimum Gasteiger partial charge on any atom is -0.399 e. The van der Waals surface area contributed by atoms with Gasteiger partial charge in [-0.1, -0.05) is 258 Å². The lowest BCUT2D eigenvalue weighted by Gasteiger charge is -2.13. The van der Waals surface area contributed by atoms with E-state index in [0.717, 1.165) is 18.7 Å². The molecular formula is C56H98N2. The summed E-state index contributed by atoms with van der Waals surface area (Å²) in [5.41, 5.74) is 13.5. The number of hydrogen-bond acceptors (Lipinski definition) is 1. The first-order valence-electron chi connectivity index (χ1n) is 26.5. The van der Waals surface area contributed by atoms with E-state index in [-0.39, 0.29) is 0 Å². The van der Waals surface area contributed by atoms with E-state index in [4.69, 9.17) is 5.73 Å². The summed E-state index contributed by atoms with van der Waals surface area (Å²) in [6, 6.07) is 12.0. The third kappa shape index (κ3) is 22.0. The quantitative estimate of drug-likeness (QED) is 0.0450. The molecule has 0 unspecified atom stereocenters. The van der Waals surface area contributed by atoms with Gasteiger partial charge in [-0.2, -0.15) is 0 Å². The van der Waals surface area contributed by atoms with Crippen LogP contribution in [0.1, 0.15) is 276 Å². The Morgan fingerprint density at radius 2 is 0.724 bits per heavy atom. The van der Waals surface area contributed by atoms with E-state index in [9.17, 15) is 0 Å². The Kier molecular flexibility index (Phi) is 30.2. The number of aryl methyl sites for hydroxylation is 3. The van der Waals surface area contributed by atoms with Crippen molar-refractivity contribution in [1.29, 1.82) is 0 Å². The van der Waals surface area contributed by atoms with Crippen LogP contribution in [0.15, 0.2) is 30.3 Å². The molecule has 0 amide bonds. The summed E-state index contributed by atoms with van der Waals surface area (Å²) in [6.45, 7) is 8.07. The highest BCUT2D eigenvalue weighted by atomic mass is 15.0. The van der Waals surface area contributed by atoms with E-state index >= 15 is 0 Å². The fourth-order valence-corrected chi connectivity index (χ4v) is 9.76. The first kappa shape index (κ1) is 50.4. The van der Waals surface area contributed by atoms with Gasteiger partial charge in [0.1, 0.15) is 0 Å². The normalized spacial score (nSPS) is 11.8. The lowest BCUT2D eigenvalue weighted by atomic mass is 10.0. The largest absolute Gasteiger partial charge is 0.399 e. The Morgan fingerprint density at radius 3 is 1.14 bits per heavy atom. The van der Waals surface area contributed by atoms with Gasteiger partial charge in [-0.15, -0.1) is 0 Å². The molecular weight excluding hydrogens is 701 g/mol. The van der Waals surface area contributed by atoms with Crippen molar-refractivity contribution in [3.05, 3.63) is 41.5 Å². The molecule has 2 N–H and O–H groups in total. The fraction of sp³-hybridized carbons (Fsp3) is 0.786. The summed E-state index contributed by atoms with van der Waals surface area (Å²) in [6.07, 6.45) is 56.0. The zero-order valence-corrected chi connectivity index (χ0v) is 39.4. The van der Waals surface area contributed by atoms with Gasteiger partial charge < -0.3 is 10.3 Å². The van der Waals surface area contributed by atoms with E-state index in [1.807, 2.05) is 0 Å². The van der Waals surface area contributed by atoms with Crippen molar-refractivity contribution in [2.24, 2.45) is 0 Å². The number of nitrogens with zero attached hydrogens (tertiary/aromatic N) is 1. The molecule has 0 saturated heterocycles. The van der Waals surface area contributed by atoms with Crippen LogP contribution in [0.5, 0.6) is 0 Å². The SMILES string of the molecule is CCCCCCCCCCCCCCCCCCCCc1ccc2c3cc(N)cc(CCCCCCCC)c3n(CCCCCCCCCCCCCCCC)c2c1. The van der Waals surface area contributed by atoms with Crippen LogP contribution in [0.2, 0.25) is 0 Å². The molecule has 3 aromatic rings. The standard InChI is InChI=1S/C56H98N2/c1-4-7-10-13-16-18-20-22-24-25-26-27-28-30-32-34-36-39-42-50-44-45-53-54-49-52(57)48-51(43-40-37-15-12-9-6-3)56(54)58(55(53)47-50)46-41-38-35-33-31-29-23-21-19-17-14-11-8-5-2/h44-45,47-49H,4-43,46,57H2,1-3H3. The third-order valence-electron chi connectivity index (χ3n) is 13.5. The maximum absolute atomic E-state index is 6.63. The molecule has 0 radical (unpaired) electrons. The number of unbranched alkanes of at least 4 members (excludes halogenated alkanes) is 35. The van der Waals surface area contributed by atoms with E-state index in [1.54, 1.807) is 0 Å². The van der Waals surface area contributed by atoms with Gasteiger partial charge >= 0.3 is 0 Å². The maximum atomic E-state index is 6.63. The summed E-state index contributed by atoms with van der Waals surface area (Å²) < 4.78 is 2.73. The van der Waals surface area contributed by atoms with Crippen molar-refractivity contribution in [1.82, 2.24) is 4.57 Å². The number of aromatic nitrogens is 1. The highest BCUT2D eigenvalue weighted by Crippen LogP contribution is 2.35. The minimum absolute atomic E-state index is 0.937. The van der Waals surface area contributed by atoms with E-state index in [1.165, 1.54) is 283 Å². The van der Waals surface area contributed by atoms with Gasteiger partial charge in [0, 0.05) is 28.5 Å². The van der Waals surface area contributed by atoms with Crippen molar-refractivity contribution >= 4 is 27.5 Å². The van der Waals surface area contributed by atoms with Gasteiger partial charge in [0.05, 0.1) is 5.52 Å². The van der Waals surface area contributed by atoms with Crippen LogP contribution in [-0.4, -0.2) is 4.57 Å². The molecule has 0 aliphatic carbocycles. The van der Waals surface area contributed by atoms with Crippen LogP contribution < -0.4 is 5.73 Å². The predicted octanol–water partition coefficient (Wildman–Crippen LogP) is 19.3. The molecule has 3 rings (SSSR count).